The van der Waals surface area contributed by atoms with Gasteiger partial charge >= 0.3 is 0 Å². The molecule has 4 rings (SSSR count). The van der Waals surface area contributed by atoms with Gasteiger partial charge in [0.25, 0.3) is 0 Å². The third-order valence-electron chi connectivity index (χ3n) is 5.34. The van der Waals surface area contributed by atoms with Gasteiger partial charge in [-0.15, -0.1) is 0 Å². The van der Waals surface area contributed by atoms with Crippen LogP contribution in [0.1, 0.15) is 25.1 Å². The normalized spacial score (nSPS) is 11.7. The van der Waals surface area contributed by atoms with Crippen LogP contribution in [0.25, 0.3) is 11.0 Å². The Morgan fingerprint density at radius 1 is 1.03 bits per heavy atom. The number of hydrogen-bond acceptors (Lipinski definition) is 8. The van der Waals surface area contributed by atoms with E-state index in [2.05, 4.69) is 30.9 Å². The lowest BCUT2D eigenvalue weighted by molar-refractivity contribution is -0.118. The molecule has 10 nitrogen and oxygen atoms in total. The van der Waals surface area contributed by atoms with Gasteiger partial charge in [0.1, 0.15) is 0 Å². The van der Waals surface area contributed by atoms with Crippen LogP contribution in [-0.4, -0.2) is 40.1 Å². The molecule has 0 saturated heterocycles. The molecule has 0 spiro atoms. The van der Waals surface area contributed by atoms with E-state index in [9.17, 15) is 13.2 Å². The Balaban J connectivity index is 1.41. The number of rotatable bonds is 10. The number of carbonyl (C=O) groups is 1. The summed E-state index contributed by atoms with van der Waals surface area (Å²) in [6.07, 6.45) is 2.88. The van der Waals surface area contributed by atoms with Gasteiger partial charge in [-0.25, -0.2) is 23.4 Å². The minimum Gasteiger partial charge on any atom is -0.324 e. The summed E-state index contributed by atoms with van der Waals surface area (Å²) >= 11 is 0. The maximum absolute atomic E-state index is 12.3. The number of hydrogen-bond donors (Lipinski definition) is 3. The molecule has 0 saturated carbocycles. The highest BCUT2D eigenvalue weighted by atomic mass is 32.2. The Labute approximate surface area is 210 Å². The molecule has 0 aliphatic rings. The van der Waals surface area contributed by atoms with Crippen LogP contribution in [0.15, 0.2) is 60.8 Å². The number of carbonyl (C=O) groups excluding carboxylic acids is 1. The Morgan fingerprint density at radius 3 is 2.50 bits per heavy atom. The molecule has 0 aliphatic carbocycles. The first-order valence-electron chi connectivity index (χ1n) is 11.5. The van der Waals surface area contributed by atoms with Gasteiger partial charge in [0.05, 0.1) is 29.1 Å². The van der Waals surface area contributed by atoms with Gasteiger partial charge in [-0.2, -0.15) is 0 Å². The first kappa shape index (κ1) is 25.3. The van der Waals surface area contributed by atoms with Gasteiger partial charge in [0.2, 0.25) is 17.8 Å². The van der Waals surface area contributed by atoms with Crippen LogP contribution in [0, 0.1) is 5.92 Å². The fourth-order valence-electron chi connectivity index (χ4n) is 3.55. The van der Waals surface area contributed by atoms with E-state index in [0.717, 1.165) is 28.0 Å². The summed E-state index contributed by atoms with van der Waals surface area (Å²) in [6, 6.07) is 16.7. The van der Waals surface area contributed by atoms with Gasteiger partial charge in [-0.3, -0.25) is 20.0 Å². The zero-order valence-corrected chi connectivity index (χ0v) is 21.2. The molecule has 2 aromatic heterocycles. The number of amides is 1. The molecule has 0 bridgehead atoms. The second-order valence-electron chi connectivity index (χ2n) is 8.84. The van der Waals surface area contributed by atoms with Crippen LogP contribution in [0.2, 0.25) is 0 Å². The highest BCUT2D eigenvalue weighted by Gasteiger charge is 2.15. The number of fused-ring (bicyclic) bond motifs is 1. The smallest absolute Gasteiger partial charge is 0.229 e. The lowest BCUT2D eigenvalue weighted by Crippen LogP contribution is -2.24. The number of nitrogens with zero attached hydrogens (tertiary/aromatic N) is 4. The van der Waals surface area contributed by atoms with Gasteiger partial charge in [-0.1, -0.05) is 38.1 Å². The predicted molar refractivity (Wildman–Crippen MR) is 140 cm³/mol. The summed E-state index contributed by atoms with van der Waals surface area (Å²) in [4.78, 5) is 25.7. The first-order chi connectivity index (χ1) is 17.2. The summed E-state index contributed by atoms with van der Waals surface area (Å²) < 4.78 is 24.9. The van der Waals surface area contributed by atoms with Crippen molar-refractivity contribution in [2.24, 2.45) is 5.92 Å². The van der Waals surface area contributed by atoms with Crippen molar-refractivity contribution in [1.29, 1.82) is 0 Å². The topological polar surface area (TPSA) is 131 Å². The largest absolute Gasteiger partial charge is 0.324 e. The first-order valence-corrected chi connectivity index (χ1v) is 13.6. The van der Waals surface area contributed by atoms with E-state index in [1.807, 2.05) is 48.7 Å². The molecule has 1 amide bonds. The van der Waals surface area contributed by atoms with Gasteiger partial charge in [-0.05, 0) is 35.9 Å². The third-order valence-corrected chi connectivity index (χ3v) is 6.20. The van der Waals surface area contributed by atoms with Crippen molar-refractivity contribution >= 4 is 44.4 Å². The van der Waals surface area contributed by atoms with Crippen molar-refractivity contribution in [3.63, 3.8) is 0 Å². The van der Waals surface area contributed by atoms with Crippen molar-refractivity contribution < 1.29 is 13.2 Å². The lowest BCUT2D eigenvalue weighted by Gasteiger charge is -2.13. The Morgan fingerprint density at radius 2 is 1.78 bits per heavy atom. The minimum absolute atomic E-state index is 0.000000467. The number of para-hydroxylation sites is 2. The van der Waals surface area contributed by atoms with Crippen LogP contribution in [0.3, 0.4) is 0 Å². The molecular weight excluding hydrogens is 478 g/mol. The standard InChI is InChI=1S/C25H29N7O3S/c1-17(2)23(33)31-25-30-21-6-4-5-7-22(21)32(25)16-26-14-20-12-13-27-24(29-20)28-19-10-8-18(9-11-19)15-36(3,34)35/h4-13,17,26H,14-16H2,1-3H3,(H,27,28,29)(H,30,31,33). The summed E-state index contributed by atoms with van der Waals surface area (Å²) in [7, 11) is -3.08. The molecule has 2 heterocycles. The van der Waals surface area contributed by atoms with Crippen molar-refractivity contribution in [3.05, 3.63) is 72.1 Å². The molecule has 36 heavy (non-hydrogen) atoms. The zero-order valence-electron chi connectivity index (χ0n) is 20.4. The Bertz CT molecular complexity index is 1460. The fraction of sp³-hybridized carbons (Fsp3) is 0.280. The number of anilines is 3. The lowest BCUT2D eigenvalue weighted by atomic mass is 10.2. The molecule has 2 aromatic carbocycles. The number of sulfone groups is 1. The Kier molecular flexibility index (Phi) is 7.61. The molecule has 0 fully saturated rings. The number of imidazole rings is 1. The van der Waals surface area contributed by atoms with Crippen molar-refractivity contribution in [3.8, 4) is 0 Å². The van der Waals surface area contributed by atoms with Crippen molar-refractivity contribution in [1.82, 2.24) is 24.8 Å². The second kappa shape index (κ2) is 10.8. The second-order valence-corrected chi connectivity index (χ2v) is 11.0. The fourth-order valence-corrected chi connectivity index (χ4v) is 4.35. The SMILES string of the molecule is CC(C)C(=O)Nc1nc2ccccc2n1CNCc1ccnc(Nc2ccc(CS(C)(=O)=O)cc2)n1. The van der Waals surface area contributed by atoms with E-state index < -0.39 is 9.84 Å². The van der Waals surface area contributed by atoms with Gasteiger partial charge < -0.3 is 5.32 Å². The maximum Gasteiger partial charge on any atom is 0.229 e. The molecule has 0 unspecified atom stereocenters. The van der Waals surface area contributed by atoms with Gasteiger partial charge in [0.15, 0.2) is 9.84 Å². The summed E-state index contributed by atoms with van der Waals surface area (Å²) in [5.41, 5.74) is 3.96. The third kappa shape index (κ3) is 6.64. The number of nitrogens with one attached hydrogen (secondary N) is 3. The van der Waals surface area contributed by atoms with E-state index in [1.165, 1.54) is 6.26 Å². The summed E-state index contributed by atoms with van der Waals surface area (Å²) in [5, 5.41) is 9.40. The average Bonchev–Trinajstić information content (AvgIpc) is 3.16. The summed E-state index contributed by atoms with van der Waals surface area (Å²) in [6.45, 7) is 4.56. The summed E-state index contributed by atoms with van der Waals surface area (Å²) in [5.74, 6) is 0.673. The van der Waals surface area contributed by atoms with E-state index in [-0.39, 0.29) is 17.6 Å². The molecule has 11 heteroatoms. The van der Waals surface area contributed by atoms with Crippen LogP contribution >= 0.6 is 0 Å². The van der Waals surface area contributed by atoms with Crippen LogP contribution in [0.5, 0.6) is 0 Å². The zero-order chi connectivity index (χ0) is 25.7. The van der Waals surface area contributed by atoms with Gasteiger partial charge in [0, 0.05) is 30.6 Å². The van der Waals surface area contributed by atoms with Crippen LogP contribution < -0.4 is 16.0 Å². The van der Waals surface area contributed by atoms with E-state index >= 15 is 0 Å². The van der Waals surface area contributed by atoms with Crippen molar-refractivity contribution in [2.45, 2.75) is 32.8 Å². The number of benzene rings is 2. The predicted octanol–water partition coefficient (Wildman–Crippen LogP) is 3.46. The molecule has 0 atom stereocenters. The van der Waals surface area contributed by atoms with E-state index in [4.69, 9.17) is 0 Å². The molecule has 188 valence electrons. The molecule has 4 aromatic rings. The monoisotopic (exact) mass is 507 g/mol. The minimum atomic E-state index is -3.08. The highest BCUT2D eigenvalue weighted by molar-refractivity contribution is 7.89. The molecule has 3 N–H and O–H groups in total. The molecular formula is C25H29N7O3S. The van der Waals surface area contributed by atoms with Crippen LogP contribution in [0.4, 0.5) is 17.6 Å². The maximum atomic E-state index is 12.3. The molecule has 0 radical (unpaired) electrons. The van der Waals surface area contributed by atoms with Crippen LogP contribution in [-0.2, 0) is 33.6 Å². The van der Waals surface area contributed by atoms with E-state index in [1.54, 1.807) is 30.5 Å². The quantitative estimate of drug-likeness (QED) is 0.297. The van der Waals surface area contributed by atoms with Crippen molar-refractivity contribution in [2.75, 3.05) is 16.9 Å². The molecule has 0 aliphatic heterocycles. The average molecular weight is 508 g/mol. The number of aromatic nitrogens is 4. The van der Waals surface area contributed by atoms with E-state index in [0.29, 0.717) is 25.1 Å². The highest BCUT2D eigenvalue weighted by Crippen LogP contribution is 2.20. The Hall–Kier alpha value is -3.83.